The molecule has 0 radical (unpaired) electrons. The Kier molecular flexibility index (Phi) is 4.00. The van der Waals surface area contributed by atoms with Crippen LogP contribution in [0.15, 0.2) is 45.3 Å². The Balaban J connectivity index is 2.34. The van der Waals surface area contributed by atoms with Crippen LogP contribution in [0.2, 0.25) is 0 Å². The summed E-state index contributed by atoms with van der Waals surface area (Å²) >= 11 is 6.63. The maximum Gasteiger partial charge on any atom is 0.146 e. The average molecular weight is 370 g/mol. The Labute approximate surface area is 121 Å². The minimum Gasteiger partial charge on any atom is -0.352 e. The Hall–Kier alpha value is -1.38. The van der Waals surface area contributed by atoms with Crippen molar-refractivity contribution >= 4 is 43.2 Å². The van der Waals surface area contributed by atoms with Gasteiger partial charge in [-0.15, -0.1) is 0 Å². The van der Waals surface area contributed by atoms with Crippen LogP contribution in [-0.2, 0) is 0 Å². The standard InChI is InChI=1S/C13H7Br2FN2/c14-9-2-3-11(16)13(6-9)18-12-4-1-8(7-17)5-10(12)15/h1-6,18H. The molecule has 2 nitrogen and oxygen atoms in total. The van der Waals surface area contributed by atoms with E-state index in [1.165, 1.54) is 6.07 Å². The number of hydrogen-bond donors (Lipinski definition) is 1. The molecule has 0 atom stereocenters. The first-order valence-electron chi connectivity index (χ1n) is 5.02. The molecule has 0 saturated carbocycles. The zero-order valence-corrected chi connectivity index (χ0v) is 12.2. The molecular weight excluding hydrogens is 363 g/mol. The molecule has 0 heterocycles. The fourth-order valence-electron chi connectivity index (χ4n) is 1.42. The summed E-state index contributed by atoms with van der Waals surface area (Å²) in [6.45, 7) is 0. The third-order valence-electron chi connectivity index (χ3n) is 2.30. The highest BCUT2D eigenvalue weighted by Gasteiger charge is 2.06. The molecule has 18 heavy (non-hydrogen) atoms. The number of nitrogens with zero attached hydrogens (tertiary/aromatic N) is 1. The molecule has 5 heteroatoms. The predicted octanol–water partition coefficient (Wildman–Crippen LogP) is 4.97. The molecule has 0 aliphatic rings. The van der Waals surface area contributed by atoms with Gasteiger partial charge in [-0.25, -0.2) is 4.39 Å². The normalized spacial score (nSPS) is 9.89. The number of rotatable bonds is 2. The summed E-state index contributed by atoms with van der Waals surface area (Å²) < 4.78 is 15.1. The highest BCUT2D eigenvalue weighted by atomic mass is 79.9. The Morgan fingerprint density at radius 1 is 1.06 bits per heavy atom. The van der Waals surface area contributed by atoms with Crippen molar-refractivity contribution in [3.63, 3.8) is 0 Å². The van der Waals surface area contributed by atoms with Crippen LogP contribution < -0.4 is 5.32 Å². The van der Waals surface area contributed by atoms with Gasteiger partial charge >= 0.3 is 0 Å². The van der Waals surface area contributed by atoms with E-state index in [-0.39, 0.29) is 5.82 Å². The van der Waals surface area contributed by atoms with Gasteiger partial charge in [-0.2, -0.15) is 5.26 Å². The van der Waals surface area contributed by atoms with Crippen molar-refractivity contribution in [2.75, 3.05) is 5.32 Å². The van der Waals surface area contributed by atoms with Crippen LogP contribution in [0.25, 0.3) is 0 Å². The summed E-state index contributed by atoms with van der Waals surface area (Å²) in [7, 11) is 0. The topological polar surface area (TPSA) is 35.8 Å². The molecule has 0 aliphatic carbocycles. The first-order chi connectivity index (χ1) is 8.60. The van der Waals surface area contributed by atoms with Gasteiger partial charge < -0.3 is 5.32 Å². The maximum atomic E-state index is 13.6. The Morgan fingerprint density at radius 2 is 1.83 bits per heavy atom. The highest BCUT2D eigenvalue weighted by molar-refractivity contribution is 9.10. The van der Waals surface area contributed by atoms with Crippen molar-refractivity contribution in [1.29, 1.82) is 5.26 Å². The van der Waals surface area contributed by atoms with E-state index in [0.29, 0.717) is 21.4 Å². The molecule has 2 rings (SSSR count). The molecule has 0 aromatic heterocycles. The second-order valence-electron chi connectivity index (χ2n) is 3.56. The van der Waals surface area contributed by atoms with Crippen molar-refractivity contribution in [3.05, 3.63) is 56.7 Å². The van der Waals surface area contributed by atoms with Gasteiger partial charge in [0, 0.05) is 8.95 Å². The van der Waals surface area contributed by atoms with Crippen LogP contribution in [0.1, 0.15) is 5.56 Å². The van der Waals surface area contributed by atoms with E-state index >= 15 is 0 Å². The number of anilines is 2. The Bertz CT molecular complexity index is 635. The van der Waals surface area contributed by atoms with Crippen LogP contribution in [0.4, 0.5) is 15.8 Å². The molecule has 0 spiro atoms. The van der Waals surface area contributed by atoms with Gasteiger partial charge in [-0.05, 0) is 52.3 Å². The van der Waals surface area contributed by atoms with Crippen molar-refractivity contribution in [3.8, 4) is 6.07 Å². The van der Waals surface area contributed by atoms with E-state index < -0.39 is 0 Å². The number of nitrogens with one attached hydrogen (secondary N) is 1. The highest BCUT2D eigenvalue weighted by Crippen LogP contribution is 2.29. The first-order valence-corrected chi connectivity index (χ1v) is 6.60. The van der Waals surface area contributed by atoms with Crippen molar-refractivity contribution in [2.45, 2.75) is 0 Å². The molecule has 90 valence electrons. The van der Waals surface area contributed by atoms with Gasteiger partial charge in [0.05, 0.1) is 23.0 Å². The lowest BCUT2D eigenvalue weighted by Gasteiger charge is -2.10. The first kappa shape index (κ1) is 13.1. The van der Waals surface area contributed by atoms with Crippen LogP contribution in [0, 0.1) is 17.1 Å². The quantitative estimate of drug-likeness (QED) is 0.811. The van der Waals surface area contributed by atoms with Gasteiger partial charge in [0.15, 0.2) is 0 Å². The summed E-state index contributed by atoms with van der Waals surface area (Å²) in [5.74, 6) is -0.338. The number of benzene rings is 2. The van der Waals surface area contributed by atoms with E-state index in [1.807, 2.05) is 6.07 Å². The van der Waals surface area contributed by atoms with E-state index in [0.717, 1.165) is 4.47 Å². The molecule has 1 N–H and O–H groups in total. The van der Waals surface area contributed by atoms with E-state index in [9.17, 15) is 4.39 Å². The van der Waals surface area contributed by atoms with Gasteiger partial charge in [0.25, 0.3) is 0 Å². The lowest BCUT2D eigenvalue weighted by Crippen LogP contribution is -1.95. The molecule has 2 aromatic carbocycles. The minimum absolute atomic E-state index is 0.338. The smallest absolute Gasteiger partial charge is 0.146 e. The fourth-order valence-corrected chi connectivity index (χ4v) is 2.26. The summed E-state index contributed by atoms with van der Waals surface area (Å²) in [6.07, 6.45) is 0. The fraction of sp³-hybridized carbons (Fsp3) is 0. The SMILES string of the molecule is N#Cc1ccc(Nc2cc(Br)ccc2F)c(Br)c1. The molecule has 0 aliphatic heterocycles. The van der Waals surface area contributed by atoms with Crippen LogP contribution >= 0.6 is 31.9 Å². The third kappa shape index (κ3) is 2.89. The van der Waals surface area contributed by atoms with Gasteiger partial charge in [0.2, 0.25) is 0 Å². The molecule has 0 unspecified atom stereocenters. The number of hydrogen-bond acceptors (Lipinski definition) is 2. The number of nitriles is 1. The molecular formula is C13H7Br2FN2. The maximum absolute atomic E-state index is 13.6. The van der Waals surface area contributed by atoms with Crippen LogP contribution in [-0.4, -0.2) is 0 Å². The molecule has 2 aromatic rings. The summed E-state index contributed by atoms with van der Waals surface area (Å²) in [6, 6.07) is 11.8. The van der Waals surface area contributed by atoms with Crippen LogP contribution in [0.5, 0.6) is 0 Å². The molecule has 0 saturated heterocycles. The van der Waals surface area contributed by atoms with Crippen molar-refractivity contribution < 1.29 is 4.39 Å². The van der Waals surface area contributed by atoms with Crippen molar-refractivity contribution in [2.24, 2.45) is 0 Å². The van der Waals surface area contributed by atoms with E-state index in [4.69, 9.17) is 5.26 Å². The molecule has 0 fully saturated rings. The zero-order chi connectivity index (χ0) is 13.1. The average Bonchev–Trinajstić information content (AvgIpc) is 2.36. The lowest BCUT2D eigenvalue weighted by molar-refractivity contribution is 0.631. The zero-order valence-electron chi connectivity index (χ0n) is 9.05. The van der Waals surface area contributed by atoms with Gasteiger partial charge in [-0.1, -0.05) is 15.9 Å². The van der Waals surface area contributed by atoms with E-state index in [2.05, 4.69) is 37.2 Å². The molecule has 0 amide bonds. The predicted molar refractivity (Wildman–Crippen MR) is 76.2 cm³/mol. The third-order valence-corrected chi connectivity index (χ3v) is 3.45. The summed E-state index contributed by atoms with van der Waals surface area (Å²) in [5, 5.41) is 11.7. The summed E-state index contributed by atoms with van der Waals surface area (Å²) in [5.41, 5.74) is 1.61. The van der Waals surface area contributed by atoms with E-state index in [1.54, 1.807) is 30.3 Å². The molecule has 0 bridgehead atoms. The minimum atomic E-state index is -0.338. The second-order valence-corrected chi connectivity index (χ2v) is 5.33. The second kappa shape index (κ2) is 5.51. The largest absolute Gasteiger partial charge is 0.352 e. The van der Waals surface area contributed by atoms with Gasteiger partial charge in [-0.3, -0.25) is 0 Å². The van der Waals surface area contributed by atoms with Crippen molar-refractivity contribution in [1.82, 2.24) is 0 Å². The summed E-state index contributed by atoms with van der Waals surface area (Å²) in [4.78, 5) is 0. The Morgan fingerprint density at radius 3 is 2.50 bits per heavy atom. The number of halogens is 3. The van der Waals surface area contributed by atoms with Crippen LogP contribution in [0.3, 0.4) is 0 Å². The lowest BCUT2D eigenvalue weighted by atomic mass is 10.2. The monoisotopic (exact) mass is 368 g/mol. The van der Waals surface area contributed by atoms with Gasteiger partial charge in [0.1, 0.15) is 5.82 Å².